The highest BCUT2D eigenvalue weighted by molar-refractivity contribution is 8.02. The second-order valence-electron chi connectivity index (χ2n) is 9.02. The number of aliphatic hydroxyl groups excluding tert-OH is 1. The van der Waals surface area contributed by atoms with Crippen LogP contribution in [0.2, 0.25) is 0 Å². The number of hydrogen-bond donors (Lipinski definition) is 3. The number of anilines is 1. The topological polar surface area (TPSA) is 98.7 Å². The number of carbonyl (C=O) groups is 3. The molecule has 4 rings (SSSR count). The van der Waals surface area contributed by atoms with Crippen molar-refractivity contribution in [2.75, 3.05) is 25.0 Å². The highest BCUT2D eigenvalue weighted by atomic mass is 32.2. The fourth-order valence-electron chi connectivity index (χ4n) is 5.62. The number of thioether (sulfide) groups is 1. The lowest BCUT2D eigenvalue weighted by atomic mass is 9.70. The number of nitrogens with zero attached hydrogens (tertiary/aromatic N) is 1. The standard InChI is InChI=1S/C24H33N3O4S/c1-2-3-13-25-22(30)20-24-12-11-17(32-24)18(21(29)26-16-9-5-4-6-10-16)19(24)23(31)27(20)14-7-8-15-28/h4-6,9-10,17-20,28H,2-3,7-8,11-15H2,1H3,(H,25,30)(H,26,29)/t17-,18+,19-,20?,24?/m0/s1. The van der Waals surface area contributed by atoms with Crippen LogP contribution in [0.4, 0.5) is 5.69 Å². The van der Waals surface area contributed by atoms with Gasteiger partial charge in [0.05, 0.1) is 16.6 Å². The minimum atomic E-state index is -0.555. The van der Waals surface area contributed by atoms with Crippen LogP contribution >= 0.6 is 11.8 Å². The molecule has 0 aromatic heterocycles. The molecule has 0 saturated carbocycles. The lowest BCUT2D eigenvalue weighted by Crippen LogP contribution is -2.53. The number of likely N-dealkylation sites (tertiary alicyclic amines) is 1. The van der Waals surface area contributed by atoms with Crippen molar-refractivity contribution in [2.24, 2.45) is 11.8 Å². The summed E-state index contributed by atoms with van der Waals surface area (Å²) in [6, 6.07) is 8.76. The average Bonchev–Trinajstić information content (AvgIpc) is 3.42. The van der Waals surface area contributed by atoms with Crippen LogP contribution in [0, 0.1) is 11.8 Å². The van der Waals surface area contributed by atoms with Crippen molar-refractivity contribution < 1.29 is 19.5 Å². The molecule has 0 radical (unpaired) electrons. The maximum absolute atomic E-state index is 13.7. The Hall–Kier alpha value is -2.06. The molecule has 8 heteroatoms. The molecule has 174 valence electrons. The Morgan fingerprint density at radius 1 is 1.19 bits per heavy atom. The predicted octanol–water partition coefficient (Wildman–Crippen LogP) is 2.41. The Morgan fingerprint density at radius 3 is 2.69 bits per heavy atom. The lowest BCUT2D eigenvalue weighted by Gasteiger charge is -2.34. The number of unbranched alkanes of at least 4 members (excludes halogenated alkanes) is 2. The number of benzene rings is 1. The molecule has 1 aromatic rings. The summed E-state index contributed by atoms with van der Waals surface area (Å²) in [5.41, 5.74) is 0.721. The fourth-order valence-corrected chi connectivity index (χ4v) is 7.84. The van der Waals surface area contributed by atoms with Crippen molar-refractivity contribution in [1.29, 1.82) is 0 Å². The van der Waals surface area contributed by atoms with Crippen molar-refractivity contribution in [2.45, 2.75) is 61.5 Å². The van der Waals surface area contributed by atoms with Gasteiger partial charge in [0.1, 0.15) is 6.04 Å². The van der Waals surface area contributed by atoms with Gasteiger partial charge < -0.3 is 20.6 Å². The molecule has 3 amide bonds. The Balaban J connectivity index is 1.60. The summed E-state index contributed by atoms with van der Waals surface area (Å²) in [5.74, 6) is -1.23. The number of para-hydroxylation sites is 1. The van der Waals surface area contributed by atoms with E-state index < -0.39 is 22.6 Å². The summed E-state index contributed by atoms with van der Waals surface area (Å²) in [4.78, 5) is 42.0. The van der Waals surface area contributed by atoms with Crippen molar-refractivity contribution >= 4 is 35.2 Å². The molecule has 2 unspecified atom stereocenters. The number of rotatable bonds is 10. The van der Waals surface area contributed by atoms with E-state index in [1.807, 2.05) is 30.3 Å². The molecule has 7 nitrogen and oxygen atoms in total. The van der Waals surface area contributed by atoms with Gasteiger partial charge in [0.15, 0.2) is 0 Å². The van der Waals surface area contributed by atoms with Gasteiger partial charge >= 0.3 is 0 Å². The van der Waals surface area contributed by atoms with Crippen molar-refractivity contribution in [1.82, 2.24) is 10.2 Å². The number of amides is 3. The quantitative estimate of drug-likeness (QED) is 0.467. The summed E-state index contributed by atoms with van der Waals surface area (Å²) in [6.07, 6.45) is 4.71. The van der Waals surface area contributed by atoms with Crippen molar-refractivity contribution in [3.05, 3.63) is 30.3 Å². The predicted molar refractivity (Wildman–Crippen MR) is 125 cm³/mol. The first-order chi connectivity index (χ1) is 15.5. The molecule has 32 heavy (non-hydrogen) atoms. The van der Waals surface area contributed by atoms with Gasteiger partial charge in [-0.15, -0.1) is 11.8 Å². The molecule has 3 saturated heterocycles. The first-order valence-corrected chi connectivity index (χ1v) is 12.6. The number of fused-ring (bicyclic) bond motifs is 1. The molecule has 1 spiro atoms. The van der Waals surface area contributed by atoms with Crippen LogP contribution in [0.5, 0.6) is 0 Å². The second kappa shape index (κ2) is 9.83. The lowest BCUT2D eigenvalue weighted by molar-refractivity contribution is -0.139. The number of nitrogens with one attached hydrogen (secondary N) is 2. The largest absolute Gasteiger partial charge is 0.396 e. The first kappa shape index (κ1) is 23.1. The van der Waals surface area contributed by atoms with Crippen LogP contribution in [-0.2, 0) is 14.4 Å². The van der Waals surface area contributed by atoms with Crippen LogP contribution in [-0.4, -0.2) is 63.5 Å². The minimum absolute atomic E-state index is 0.0539. The SMILES string of the molecule is CCCCNC(=O)C1N(CCCCO)C(=O)[C@@H]2[C@H](C(=O)Nc3ccccc3)[C@@H]3CCC12S3. The van der Waals surface area contributed by atoms with Gasteiger partial charge in [-0.3, -0.25) is 14.4 Å². The maximum Gasteiger partial charge on any atom is 0.244 e. The van der Waals surface area contributed by atoms with E-state index in [4.69, 9.17) is 0 Å². The number of hydrogen-bond acceptors (Lipinski definition) is 5. The third-order valence-electron chi connectivity index (χ3n) is 7.03. The van der Waals surface area contributed by atoms with E-state index in [0.29, 0.717) is 25.9 Å². The van der Waals surface area contributed by atoms with E-state index in [9.17, 15) is 19.5 Å². The van der Waals surface area contributed by atoms with Gasteiger partial charge in [-0.05, 0) is 44.2 Å². The Morgan fingerprint density at radius 2 is 1.97 bits per heavy atom. The zero-order valence-electron chi connectivity index (χ0n) is 18.6. The molecule has 0 aliphatic carbocycles. The molecule has 3 aliphatic rings. The van der Waals surface area contributed by atoms with Crippen LogP contribution in [0.1, 0.15) is 45.4 Å². The maximum atomic E-state index is 13.7. The molecular formula is C24H33N3O4S. The van der Waals surface area contributed by atoms with Crippen LogP contribution in [0.3, 0.4) is 0 Å². The first-order valence-electron chi connectivity index (χ1n) is 11.8. The van der Waals surface area contributed by atoms with Crippen LogP contribution in [0.25, 0.3) is 0 Å². The summed E-state index contributed by atoms with van der Waals surface area (Å²) < 4.78 is -0.546. The van der Waals surface area contributed by atoms with E-state index in [0.717, 1.165) is 31.4 Å². The highest BCUT2D eigenvalue weighted by Gasteiger charge is 2.73. The summed E-state index contributed by atoms with van der Waals surface area (Å²) in [7, 11) is 0. The van der Waals surface area contributed by atoms with Crippen LogP contribution < -0.4 is 10.6 Å². The van der Waals surface area contributed by atoms with Crippen molar-refractivity contribution in [3.63, 3.8) is 0 Å². The zero-order chi connectivity index (χ0) is 22.7. The van der Waals surface area contributed by atoms with Crippen molar-refractivity contribution in [3.8, 4) is 0 Å². The molecule has 3 heterocycles. The number of carbonyl (C=O) groups excluding carboxylic acids is 3. The van der Waals surface area contributed by atoms with Crippen LogP contribution in [0.15, 0.2) is 30.3 Å². The van der Waals surface area contributed by atoms with E-state index in [1.54, 1.807) is 16.7 Å². The highest BCUT2D eigenvalue weighted by Crippen LogP contribution is 2.66. The molecule has 2 bridgehead atoms. The third-order valence-corrected chi connectivity index (χ3v) is 8.98. The second-order valence-corrected chi connectivity index (χ2v) is 10.6. The molecule has 1 aromatic carbocycles. The minimum Gasteiger partial charge on any atom is -0.396 e. The molecule has 3 fully saturated rings. The average molecular weight is 460 g/mol. The fraction of sp³-hybridized carbons (Fsp3) is 0.625. The van der Waals surface area contributed by atoms with E-state index in [-0.39, 0.29) is 29.6 Å². The number of aliphatic hydroxyl groups is 1. The summed E-state index contributed by atoms with van der Waals surface area (Å²) >= 11 is 1.69. The summed E-state index contributed by atoms with van der Waals surface area (Å²) in [5, 5.41) is 15.3. The zero-order valence-corrected chi connectivity index (χ0v) is 19.4. The normalized spacial score (nSPS) is 30.4. The Bertz CT molecular complexity index is 851. The van der Waals surface area contributed by atoms with E-state index in [2.05, 4.69) is 17.6 Å². The van der Waals surface area contributed by atoms with Gasteiger partial charge in [0.25, 0.3) is 0 Å². The molecular weight excluding hydrogens is 426 g/mol. The molecule has 3 aliphatic heterocycles. The van der Waals surface area contributed by atoms with Gasteiger partial charge in [0, 0.05) is 30.6 Å². The summed E-state index contributed by atoms with van der Waals surface area (Å²) in [6.45, 7) is 3.16. The van der Waals surface area contributed by atoms with Gasteiger partial charge in [-0.25, -0.2) is 0 Å². The smallest absolute Gasteiger partial charge is 0.244 e. The van der Waals surface area contributed by atoms with E-state index in [1.165, 1.54) is 0 Å². The third kappa shape index (κ3) is 4.03. The van der Waals surface area contributed by atoms with Gasteiger partial charge in [-0.1, -0.05) is 31.5 Å². The van der Waals surface area contributed by atoms with Gasteiger partial charge in [-0.2, -0.15) is 0 Å². The Labute approximate surface area is 193 Å². The monoisotopic (exact) mass is 459 g/mol. The molecule has 3 N–H and O–H groups in total. The van der Waals surface area contributed by atoms with Gasteiger partial charge in [0.2, 0.25) is 17.7 Å². The van der Waals surface area contributed by atoms with E-state index >= 15 is 0 Å². The Kier molecular flexibility index (Phi) is 7.10. The molecule has 5 atom stereocenters.